The molecule has 0 heterocycles. The second-order valence-electron chi connectivity index (χ2n) is 5.60. The Balaban J connectivity index is 1.88. The lowest BCUT2D eigenvalue weighted by atomic mass is 10.1. The summed E-state index contributed by atoms with van der Waals surface area (Å²) in [6.07, 6.45) is 0.637. The van der Waals surface area contributed by atoms with E-state index in [0.717, 1.165) is 22.1 Å². The summed E-state index contributed by atoms with van der Waals surface area (Å²) in [5.74, 6) is 0.589. The minimum atomic E-state index is -0.614. The van der Waals surface area contributed by atoms with Crippen LogP contribution in [-0.4, -0.2) is 17.8 Å². The van der Waals surface area contributed by atoms with E-state index in [1.54, 1.807) is 13.8 Å². The molecule has 1 N–H and O–H groups in total. The van der Waals surface area contributed by atoms with Gasteiger partial charge in [-0.2, -0.15) is 0 Å². The fourth-order valence-corrected chi connectivity index (χ4v) is 2.35. The van der Waals surface area contributed by atoms with Crippen molar-refractivity contribution in [1.82, 2.24) is 0 Å². The highest BCUT2D eigenvalue weighted by Gasteiger charge is 2.14. The number of nitrogens with one attached hydrogen (secondary N) is 1. The lowest BCUT2D eigenvalue weighted by Gasteiger charge is -2.15. The normalized spacial score (nSPS) is 11.6. The van der Waals surface area contributed by atoms with Crippen LogP contribution in [0.5, 0.6) is 5.75 Å². The monoisotopic (exact) mass is 389 g/mol. The van der Waals surface area contributed by atoms with Crippen LogP contribution in [0, 0.1) is 0 Å². The molecule has 0 aliphatic heterocycles. The van der Waals surface area contributed by atoms with E-state index >= 15 is 0 Å². The largest absolute Gasteiger partial charge is 0.481 e. The topological polar surface area (TPSA) is 55.4 Å². The van der Waals surface area contributed by atoms with Crippen LogP contribution in [-0.2, 0) is 16.0 Å². The summed E-state index contributed by atoms with van der Waals surface area (Å²) in [5.41, 5.74) is 1.79. The second kappa shape index (κ2) is 8.64. The van der Waals surface area contributed by atoms with Gasteiger partial charge < -0.3 is 14.8 Å². The van der Waals surface area contributed by atoms with Crippen LogP contribution in [0.15, 0.2) is 53.0 Å². The minimum Gasteiger partial charge on any atom is -0.481 e. The number of ether oxygens (including phenoxy) is 1. The number of carbonyl (C=O) groups is 2. The first-order valence-electron chi connectivity index (χ1n) is 7.75. The first kappa shape index (κ1) is 18.2. The molecule has 0 spiro atoms. The van der Waals surface area contributed by atoms with E-state index in [1.165, 1.54) is 0 Å². The molecule has 0 aliphatic rings. The molecule has 4 nitrogen and oxygen atoms in total. The van der Waals surface area contributed by atoms with E-state index in [2.05, 4.69) is 21.2 Å². The van der Waals surface area contributed by atoms with E-state index in [1.807, 2.05) is 48.5 Å². The maximum atomic E-state index is 12.2. The van der Waals surface area contributed by atoms with Crippen LogP contribution in [0.3, 0.4) is 0 Å². The predicted molar refractivity (Wildman–Crippen MR) is 98.3 cm³/mol. The molecule has 0 saturated carbocycles. The number of anilines is 1. The van der Waals surface area contributed by atoms with E-state index in [0.29, 0.717) is 12.2 Å². The Hall–Kier alpha value is -2.14. The van der Waals surface area contributed by atoms with Gasteiger partial charge in [-0.05, 0) is 62.2 Å². The van der Waals surface area contributed by atoms with Gasteiger partial charge in [0.05, 0.1) is 0 Å². The third-order valence-corrected chi connectivity index (χ3v) is 4.01. The zero-order chi connectivity index (χ0) is 17.5. The molecule has 0 radical (unpaired) electrons. The van der Waals surface area contributed by atoms with Crippen molar-refractivity contribution in [2.24, 2.45) is 0 Å². The molecule has 0 saturated heterocycles. The van der Waals surface area contributed by atoms with Crippen LogP contribution in [0.1, 0.15) is 25.8 Å². The second-order valence-corrected chi connectivity index (χ2v) is 6.52. The van der Waals surface area contributed by atoms with E-state index in [4.69, 9.17) is 4.74 Å². The molecule has 2 aromatic carbocycles. The number of carbonyl (C=O) groups excluding carboxylic acids is 2. The number of aryl methyl sites for hydroxylation is 1. The number of hydrogen-bond acceptors (Lipinski definition) is 3. The molecule has 1 amide bonds. The third kappa shape index (κ3) is 5.81. The molecule has 0 aromatic heterocycles. The Morgan fingerprint density at radius 1 is 1.08 bits per heavy atom. The molecular formula is C19H20BrNO3. The average Bonchev–Trinajstić information content (AvgIpc) is 2.56. The van der Waals surface area contributed by atoms with Gasteiger partial charge in [-0.15, -0.1) is 0 Å². The first-order chi connectivity index (χ1) is 11.4. The lowest BCUT2D eigenvalue weighted by Crippen LogP contribution is -2.30. The van der Waals surface area contributed by atoms with Crippen LogP contribution < -0.4 is 10.1 Å². The zero-order valence-corrected chi connectivity index (χ0v) is 15.3. The summed E-state index contributed by atoms with van der Waals surface area (Å²) >= 11 is 3.35. The van der Waals surface area contributed by atoms with Gasteiger partial charge in [0.15, 0.2) is 6.10 Å². The minimum absolute atomic E-state index is 0.175. The number of Topliss-reactive ketones (excluding diaryl/α,β-unsaturated/α-hetero) is 1. The molecule has 5 heteroatoms. The molecule has 2 rings (SSSR count). The fraction of sp³-hybridized carbons (Fsp3) is 0.263. The Morgan fingerprint density at radius 3 is 2.29 bits per heavy atom. The summed E-state index contributed by atoms with van der Waals surface area (Å²) in [5, 5.41) is 2.81. The van der Waals surface area contributed by atoms with Gasteiger partial charge in [-0.25, -0.2) is 0 Å². The summed E-state index contributed by atoms with van der Waals surface area (Å²) < 4.78 is 6.62. The van der Waals surface area contributed by atoms with Crippen molar-refractivity contribution >= 4 is 33.3 Å². The summed E-state index contributed by atoms with van der Waals surface area (Å²) in [7, 11) is 0. The highest BCUT2D eigenvalue weighted by Crippen LogP contribution is 2.17. The van der Waals surface area contributed by atoms with Gasteiger partial charge in [-0.1, -0.05) is 28.1 Å². The van der Waals surface area contributed by atoms with Crippen molar-refractivity contribution in [2.75, 3.05) is 5.32 Å². The molecule has 24 heavy (non-hydrogen) atoms. The van der Waals surface area contributed by atoms with E-state index < -0.39 is 6.10 Å². The summed E-state index contributed by atoms with van der Waals surface area (Å²) in [6, 6.07) is 14.8. The van der Waals surface area contributed by atoms with Gasteiger partial charge in [0.25, 0.3) is 5.91 Å². The summed E-state index contributed by atoms with van der Waals surface area (Å²) in [6.45, 7) is 3.29. The van der Waals surface area contributed by atoms with Crippen LogP contribution in [0.2, 0.25) is 0 Å². The highest BCUT2D eigenvalue weighted by atomic mass is 79.9. The molecule has 1 atom stereocenters. The number of hydrogen-bond donors (Lipinski definition) is 1. The molecular weight excluding hydrogens is 370 g/mol. The van der Waals surface area contributed by atoms with Gasteiger partial charge in [0.1, 0.15) is 11.5 Å². The number of ketones is 1. The van der Waals surface area contributed by atoms with Gasteiger partial charge >= 0.3 is 0 Å². The standard InChI is InChI=1S/C19H20BrNO3/c1-13(22)3-4-15-5-11-18(12-6-15)24-14(2)19(23)21-17-9-7-16(20)8-10-17/h5-12,14H,3-4H2,1-2H3,(H,21,23). The maximum Gasteiger partial charge on any atom is 0.265 e. The van der Waals surface area contributed by atoms with Gasteiger partial charge in [0.2, 0.25) is 0 Å². The van der Waals surface area contributed by atoms with Crippen molar-refractivity contribution in [3.05, 3.63) is 58.6 Å². The number of rotatable bonds is 7. The first-order valence-corrected chi connectivity index (χ1v) is 8.55. The molecule has 0 bridgehead atoms. The van der Waals surface area contributed by atoms with Gasteiger partial charge in [-0.3, -0.25) is 4.79 Å². The van der Waals surface area contributed by atoms with Crippen molar-refractivity contribution in [3.63, 3.8) is 0 Å². The maximum absolute atomic E-state index is 12.2. The van der Waals surface area contributed by atoms with Crippen LogP contribution in [0.25, 0.3) is 0 Å². The summed E-state index contributed by atoms with van der Waals surface area (Å²) in [4.78, 5) is 23.2. The number of amides is 1. The highest BCUT2D eigenvalue weighted by molar-refractivity contribution is 9.10. The lowest BCUT2D eigenvalue weighted by molar-refractivity contribution is -0.122. The fourth-order valence-electron chi connectivity index (χ4n) is 2.09. The van der Waals surface area contributed by atoms with Crippen molar-refractivity contribution in [3.8, 4) is 5.75 Å². The van der Waals surface area contributed by atoms with E-state index in [-0.39, 0.29) is 11.7 Å². The molecule has 0 fully saturated rings. The molecule has 0 aliphatic carbocycles. The Labute approximate surface area is 150 Å². The van der Waals surface area contributed by atoms with Crippen molar-refractivity contribution < 1.29 is 14.3 Å². The smallest absolute Gasteiger partial charge is 0.265 e. The molecule has 2 aromatic rings. The number of benzene rings is 2. The average molecular weight is 390 g/mol. The van der Waals surface area contributed by atoms with Crippen molar-refractivity contribution in [1.29, 1.82) is 0 Å². The molecule has 126 valence electrons. The Kier molecular flexibility index (Phi) is 6.55. The van der Waals surface area contributed by atoms with Crippen LogP contribution in [0.4, 0.5) is 5.69 Å². The quantitative estimate of drug-likeness (QED) is 0.764. The SMILES string of the molecule is CC(=O)CCc1ccc(OC(C)C(=O)Nc2ccc(Br)cc2)cc1. The number of halogens is 1. The van der Waals surface area contributed by atoms with Crippen LogP contribution >= 0.6 is 15.9 Å². The zero-order valence-electron chi connectivity index (χ0n) is 13.7. The Morgan fingerprint density at radius 2 is 1.71 bits per heavy atom. The Bertz CT molecular complexity index is 696. The predicted octanol–water partition coefficient (Wildman–Crippen LogP) is 4.38. The van der Waals surface area contributed by atoms with E-state index in [9.17, 15) is 9.59 Å². The third-order valence-electron chi connectivity index (χ3n) is 3.48. The van der Waals surface area contributed by atoms with Gasteiger partial charge in [0, 0.05) is 16.6 Å². The van der Waals surface area contributed by atoms with Crippen molar-refractivity contribution in [2.45, 2.75) is 32.8 Å². The molecule has 1 unspecified atom stereocenters.